The molecular formula is C17H20ClFN4O3S. The minimum atomic E-state index is -0.504. The van der Waals surface area contributed by atoms with E-state index < -0.39 is 11.9 Å². The van der Waals surface area contributed by atoms with E-state index in [1.165, 1.54) is 24.3 Å². The van der Waals surface area contributed by atoms with E-state index in [1.807, 2.05) is 6.92 Å². The molecule has 1 aromatic heterocycles. The molecular weight excluding hydrogens is 395 g/mol. The third-order valence-electron chi connectivity index (χ3n) is 3.90. The Hall–Kier alpha value is -2.07. The first-order chi connectivity index (χ1) is 12.4. The Kier molecular flexibility index (Phi) is 7.25. The number of hydrogen-bond acceptors (Lipinski definition) is 6. The Morgan fingerprint density at radius 3 is 2.81 bits per heavy atom. The van der Waals surface area contributed by atoms with Crippen molar-refractivity contribution in [3.05, 3.63) is 29.4 Å². The molecule has 1 saturated heterocycles. The monoisotopic (exact) mass is 414 g/mol. The van der Waals surface area contributed by atoms with Gasteiger partial charge in [-0.25, -0.2) is 9.37 Å². The minimum absolute atomic E-state index is 0. The fourth-order valence-electron chi connectivity index (χ4n) is 2.67. The van der Waals surface area contributed by atoms with E-state index in [9.17, 15) is 14.0 Å². The van der Waals surface area contributed by atoms with Crippen molar-refractivity contribution >= 4 is 46.4 Å². The van der Waals surface area contributed by atoms with E-state index in [0.29, 0.717) is 35.2 Å². The van der Waals surface area contributed by atoms with Crippen LogP contribution in [-0.4, -0.2) is 42.1 Å². The highest BCUT2D eigenvalue weighted by molar-refractivity contribution is 7.14. The van der Waals surface area contributed by atoms with Gasteiger partial charge in [0.05, 0.1) is 18.4 Å². The second-order valence-electron chi connectivity index (χ2n) is 5.91. The van der Waals surface area contributed by atoms with Gasteiger partial charge >= 0.3 is 0 Å². The fraction of sp³-hybridized carbons (Fsp3) is 0.353. The van der Waals surface area contributed by atoms with Crippen molar-refractivity contribution in [2.45, 2.75) is 26.0 Å². The number of thiazole rings is 1. The normalized spacial score (nSPS) is 19.1. The molecule has 27 heavy (non-hydrogen) atoms. The second-order valence-corrected chi connectivity index (χ2v) is 6.77. The van der Waals surface area contributed by atoms with E-state index in [4.69, 9.17) is 4.74 Å². The van der Waals surface area contributed by atoms with Gasteiger partial charge in [-0.15, -0.1) is 23.7 Å². The quantitative estimate of drug-likeness (QED) is 0.715. The Balaban J connectivity index is 0.00000261. The Bertz CT molecular complexity index is 832. The van der Waals surface area contributed by atoms with Gasteiger partial charge in [0.1, 0.15) is 11.9 Å². The Morgan fingerprint density at radius 2 is 2.15 bits per heavy atom. The van der Waals surface area contributed by atoms with Crippen LogP contribution in [0, 0.1) is 5.82 Å². The standard InChI is InChI=1S/C17H19FN4O3S.ClH/c1-9-15(19-5-6-25-9)16(24)22-17-21-14(8-26-17)12-4-3-11(7-13(12)18)20-10(2)23;/h3-4,7-9,15,19H,5-6H2,1-2H3,(H,20,23)(H,21,22,24);1H/t9-,15+;/m1./s1. The van der Waals surface area contributed by atoms with Gasteiger partial charge in [-0.3, -0.25) is 9.59 Å². The molecule has 2 atom stereocenters. The van der Waals surface area contributed by atoms with Crippen LogP contribution in [0.3, 0.4) is 0 Å². The molecule has 0 aliphatic carbocycles. The van der Waals surface area contributed by atoms with Crippen molar-refractivity contribution in [1.29, 1.82) is 0 Å². The molecule has 0 spiro atoms. The third kappa shape index (κ3) is 5.23. The van der Waals surface area contributed by atoms with E-state index >= 15 is 0 Å². The van der Waals surface area contributed by atoms with Crippen LogP contribution in [0.4, 0.5) is 15.2 Å². The van der Waals surface area contributed by atoms with E-state index in [2.05, 4.69) is 20.9 Å². The molecule has 2 amide bonds. The average Bonchev–Trinajstić information content (AvgIpc) is 3.03. The van der Waals surface area contributed by atoms with Crippen LogP contribution >= 0.6 is 23.7 Å². The first-order valence-electron chi connectivity index (χ1n) is 8.13. The molecule has 146 valence electrons. The van der Waals surface area contributed by atoms with Crippen LogP contribution in [0.2, 0.25) is 0 Å². The van der Waals surface area contributed by atoms with Gasteiger partial charge in [0.25, 0.3) is 0 Å². The highest BCUT2D eigenvalue weighted by atomic mass is 35.5. The number of morpholine rings is 1. The molecule has 3 rings (SSSR count). The summed E-state index contributed by atoms with van der Waals surface area (Å²) in [4.78, 5) is 27.7. The smallest absolute Gasteiger partial charge is 0.245 e. The maximum absolute atomic E-state index is 14.3. The number of ether oxygens (including phenoxy) is 1. The summed E-state index contributed by atoms with van der Waals surface area (Å²) < 4.78 is 19.8. The molecule has 0 saturated carbocycles. The summed E-state index contributed by atoms with van der Waals surface area (Å²) in [5, 5.41) is 10.4. The molecule has 0 bridgehead atoms. The van der Waals surface area contributed by atoms with Crippen molar-refractivity contribution < 1.29 is 18.7 Å². The Morgan fingerprint density at radius 1 is 1.37 bits per heavy atom. The summed E-state index contributed by atoms with van der Waals surface area (Å²) in [6.45, 7) is 4.36. The molecule has 0 radical (unpaired) electrons. The van der Waals surface area contributed by atoms with Crippen molar-refractivity contribution in [2.24, 2.45) is 0 Å². The number of benzene rings is 1. The lowest BCUT2D eigenvalue weighted by Crippen LogP contribution is -2.53. The number of rotatable bonds is 4. The number of carbonyl (C=O) groups excluding carboxylic acids is 2. The number of anilines is 2. The van der Waals surface area contributed by atoms with Crippen molar-refractivity contribution in [2.75, 3.05) is 23.8 Å². The number of hydrogen-bond donors (Lipinski definition) is 3. The molecule has 1 aliphatic rings. The molecule has 0 unspecified atom stereocenters. The number of aromatic nitrogens is 1. The number of carbonyl (C=O) groups is 2. The van der Waals surface area contributed by atoms with Crippen LogP contribution in [0.1, 0.15) is 13.8 Å². The summed E-state index contributed by atoms with van der Waals surface area (Å²) in [5.74, 6) is -1.01. The van der Waals surface area contributed by atoms with Crippen molar-refractivity contribution in [1.82, 2.24) is 10.3 Å². The molecule has 1 aromatic carbocycles. The van der Waals surface area contributed by atoms with Gasteiger partial charge < -0.3 is 20.7 Å². The van der Waals surface area contributed by atoms with Crippen molar-refractivity contribution in [3.63, 3.8) is 0 Å². The first-order valence-corrected chi connectivity index (χ1v) is 9.01. The highest BCUT2D eigenvalue weighted by Crippen LogP contribution is 2.28. The topological polar surface area (TPSA) is 92.4 Å². The highest BCUT2D eigenvalue weighted by Gasteiger charge is 2.28. The van der Waals surface area contributed by atoms with Crippen molar-refractivity contribution in [3.8, 4) is 11.3 Å². The third-order valence-corrected chi connectivity index (χ3v) is 4.66. The largest absolute Gasteiger partial charge is 0.375 e. The molecule has 1 aliphatic heterocycles. The zero-order chi connectivity index (χ0) is 18.7. The lowest BCUT2D eigenvalue weighted by atomic mass is 10.1. The van der Waals surface area contributed by atoms with E-state index in [1.54, 1.807) is 17.5 Å². The van der Waals surface area contributed by atoms with Gasteiger partial charge in [-0.1, -0.05) is 0 Å². The molecule has 2 aromatic rings. The minimum Gasteiger partial charge on any atom is -0.375 e. The lowest BCUT2D eigenvalue weighted by molar-refractivity contribution is -0.123. The number of nitrogens with one attached hydrogen (secondary N) is 3. The van der Waals surface area contributed by atoms with Gasteiger partial charge in [0, 0.05) is 30.1 Å². The zero-order valence-electron chi connectivity index (χ0n) is 14.7. The predicted molar refractivity (Wildman–Crippen MR) is 105 cm³/mol. The van der Waals surface area contributed by atoms with Crippen LogP contribution in [0.25, 0.3) is 11.3 Å². The van der Waals surface area contributed by atoms with Crippen LogP contribution in [-0.2, 0) is 14.3 Å². The lowest BCUT2D eigenvalue weighted by Gasteiger charge is -2.28. The van der Waals surface area contributed by atoms with E-state index in [-0.39, 0.29) is 30.3 Å². The summed E-state index contributed by atoms with van der Waals surface area (Å²) in [6.07, 6.45) is -0.234. The summed E-state index contributed by atoms with van der Waals surface area (Å²) in [7, 11) is 0. The molecule has 10 heteroatoms. The predicted octanol–water partition coefficient (Wildman–Crippen LogP) is 2.64. The van der Waals surface area contributed by atoms with Crippen LogP contribution < -0.4 is 16.0 Å². The first kappa shape index (κ1) is 21.2. The van der Waals surface area contributed by atoms with E-state index in [0.717, 1.165) is 0 Å². The number of amides is 2. The SMILES string of the molecule is CC(=O)Nc1ccc(-c2csc(NC(=O)[C@H]3NCCO[C@@H]3C)n2)c(F)c1.Cl. The maximum atomic E-state index is 14.3. The summed E-state index contributed by atoms with van der Waals surface area (Å²) in [5.41, 5.74) is 1.08. The second kappa shape index (κ2) is 9.23. The van der Waals surface area contributed by atoms with Crippen LogP contribution in [0.5, 0.6) is 0 Å². The number of halogens is 2. The number of nitrogens with zero attached hydrogens (tertiary/aromatic N) is 1. The summed E-state index contributed by atoms with van der Waals surface area (Å²) in [6, 6.07) is 3.92. The average molecular weight is 415 g/mol. The fourth-order valence-corrected chi connectivity index (χ4v) is 3.38. The molecule has 1 fully saturated rings. The molecule has 7 nitrogen and oxygen atoms in total. The Labute approximate surface area is 166 Å². The molecule has 3 N–H and O–H groups in total. The van der Waals surface area contributed by atoms with Gasteiger partial charge in [0.2, 0.25) is 11.8 Å². The van der Waals surface area contributed by atoms with Crippen LogP contribution in [0.15, 0.2) is 23.6 Å². The maximum Gasteiger partial charge on any atom is 0.245 e. The molecule has 2 heterocycles. The van der Waals surface area contributed by atoms with Gasteiger partial charge in [0.15, 0.2) is 5.13 Å². The van der Waals surface area contributed by atoms with Gasteiger partial charge in [-0.2, -0.15) is 0 Å². The van der Waals surface area contributed by atoms with Gasteiger partial charge in [-0.05, 0) is 25.1 Å². The summed E-state index contributed by atoms with van der Waals surface area (Å²) >= 11 is 1.21. The zero-order valence-corrected chi connectivity index (χ0v) is 16.4.